The number of rotatable bonds is 12. The summed E-state index contributed by atoms with van der Waals surface area (Å²) >= 11 is 3.97. The molecule has 174 valence electrons. The number of nitrogens with zero attached hydrogens (tertiary/aromatic N) is 1. The standard InChI is InChI=1S/C17H27N5O8S/c18-8(7-31)16(28)22-5-1-2-11(22)15(27)20-9(3-4-13(24)25)14(26)21-10(17(29)30)6-12(19)23/h8-11,31H,1-7,18H2,(H2,19,23)(H,20,27)(H,21,26)(H,24,25)(H,29,30). The number of amides is 4. The van der Waals surface area contributed by atoms with Gasteiger partial charge in [0, 0.05) is 18.7 Å². The number of carboxylic acid groups (broad SMARTS) is 2. The summed E-state index contributed by atoms with van der Waals surface area (Å²) in [7, 11) is 0. The van der Waals surface area contributed by atoms with Crippen molar-refractivity contribution in [3.63, 3.8) is 0 Å². The van der Waals surface area contributed by atoms with E-state index in [-0.39, 0.29) is 18.7 Å². The minimum Gasteiger partial charge on any atom is -0.481 e. The number of hydrogen-bond acceptors (Lipinski definition) is 8. The van der Waals surface area contributed by atoms with Crippen LogP contribution in [0.25, 0.3) is 0 Å². The average molecular weight is 461 g/mol. The first-order chi connectivity index (χ1) is 14.5. The van der Waals surface area contributed by atoms with Crippen LogP contribution in [0.4, 0.5) is 0 Å². The molecule has 0 radical (unpaired) electrons. The number of carboxylic acids is 2. The molecule has 4 amide bonds. The van der Waals surface area contributed by atoms with E-state index in [0.29, 0.717) is 12.8 Å². The fraction of sp³-hybridized carbons (Fsp3) is 0.647. The highest BCUT2D eigenvalue weighted by molar-refractivity contribution is 7.80. The number of primary amides is 1. The number of nitrogens with one attached hydrogen (secondary N) is 2. The highest BCUT2D eigenvalue weighted by Gasteiger charge is 2.37. The number of hydrogen-bond donors (Lipinski definition) is 7. The topological polar surface area (TPSA) is 222 Å². The maximum absolute atomic E-state index is 12.7. The Morgan fingerprint density at radius 1 is 1.10 bits per heavy atom. The van der Waals surface area contributed by atoms with Crippen LogP contribution in [0.1, 0.15) is 32.1 Å². The zero-order chi connectivity index (χ0) is 23.7. The van der Waals surface area contributed by atoms with E-state index >= 15 is 0 Å². The maximum atomic E-state index is 12.7. The zero-order valence-electron chi connectivity index (χ0n) is 16.7. The van der Waals surface area contributed by atoms with Crippen molar-refractivity contribution in [3.05, 3.63) is 0 Å². The Kier molecular flexibility index (Phi) is 10.2. The first-order valence-electron chi connectivity index (χ1n) is 9.48. The Bertz CT molecular complexity index is 733. The molecule has 0 spiro atoms. The normalized spacial score (nSPS) is 18.5. The van der Waals surface area contributed by atoms with E-state index in [1.165, 1.54) is 4.90 Å². The Morgan fingerprint density at radius 3 is 2.26 bits per heavy atom. The molecule has 14 heteroatoms. The molecule has 4 atom stereocenters. The Hall–Kier alpha value is -2.87. The lowest BCUT2D eigenvalue weighted by molar-refractivity contribution is -0.144. The first kappa shape index (κ1) is 26.2. The molecule has 4 unspecified atom stereocenters. The van der Waals surface area contributed by atoms with Gasteiger partial charge in [0.25, 0.3) is 0 Å². The van der Waals surface area contributed by atoms with Crippen LogP contribution in [-0.4, -0.2) is 87.1 Å². The quantitative estimate of drug-likeness (QED) is 0.147. The van der Waals surface area contributed by atoms with E-state index < -0.39 is 72.6 Å². The van der Waals surface area contributed by atoms with Crippen molar-refractivity contribution in [3.8, 4) is 0 Å². The minimum atomic E-state index is -1.65. The number of carbonyl (C=O) groups excluding carboxylic acids is 4. The molecular weight excluding hydrogens is 434 g/mol. The van der Waals surface area contributed by atoms with Gasteiger partial charge in [-0.2, -0.15) is 12.6 Å². The van der Waals surface area contributed by atoms with E-state index in [2.05, 4.69) is 23.3 Å². The van der Waals surface area contributed by atoms with Gasteiger partial charge in [0.1, 0.15) is 18.1 Å². The van der Waals surface area contributed by atoms with Gasteiger partial charge >= 0.3 is 11.9 Å². The molecule has 1 aliphatic heterocycles. The van der Waals surface area contributed by atoms with Crippen LogP contribution in [0.15, 0.2) is 0 Å². The minimum absolute atomic E-state index is 0.0732. The second-order valence-corrected chi connectivity index (χ2v) is 7.41. The van der Waals surface area contributed by atoms with Crippen LogP contribution in [0, 0.1) is 0 Å². The van der Waals surface area contributed by atoms with Gasteiger partial charge in [0.05, 0.1) is 12.5 Å². The first-order valence-corrected chi connectivity index (χ1v) is 10.1. The highest BCUT2D eigenvalue weighted by atomic mass is 32.1. The third kappa shape index (κ3) is 8.05. The SMILES string of the molecule is NC(=O)CC(NC(=O)C(CCC(=O)O)NC(=O)C1CCCN1C(=O)C(N)CS)C(=O)O. The number of aliphatic carboxylic acids is 2. The van der Waals surface area contributed by atoms with Crippen molar-refractivity contribution < 1.29 is 39.0 Å². The molecule has 0 aromatic rings. The summed E-state index contributed by atoms with van der Waals surface area (Å²) < 4.78 is 0. The molecule has 1 saturated heterocycles. The summed E-state index contributed by atoms with van der Waals surface area (Å²) in [5, 5.41) is 22.5. The Morgan fingerprint density at radius 2 is 1.74 bits per heavy atom. The fourth-order valence-electron chi connectivity index (χ4n) is 3.07. The summed E-state index contributed by atoms with van der Waals surface area (Å²) in [6, 6.07) is -4.88. The van der Waals surface area contributed by atoms with Gasteiger partial charge in [0.15, 0.2) is 0 Å². The van der Waals surface area contributed by atoms with E-state index in [4.69, 9.17) is 21.7 Å². The van der Waals surface area contributed by atoms with Crippen molar-refractivity contribution in [1.82, 2.24) is 15.5 Å². The summed E-state index contributed by atoms with van der Waals surface area (Å²) in [4.78, 5) is 72.1. The molecule has 1 heterocycles. The smallest absolute Gasteiger partial charge is 0.326 e. The van der Waals surface area contributed by atoms with Gasteiger partial charge in [-0.25, -0.2) is 4.79 Å². The Balaban J connectivity index is 2.94. The van der Waals surface area contributed by atoms with E-state index in [0.717, 1.165) is 0 Å². The van der Waals surface area contributed by atoms with Crippen LogP contribution in [0.3, 0.4) is 0 Å². The highest BCUT2D eigenvalue weighted by Crippen LogP contribution is 2.19. The van der Waals surface area contributed by atoms with E-state index in [1.807, 2.05) is 0 Å². The second kappa shape index (κ2) is 12.1. The monoisotopic (exact) mass is 461 g/mol. The third-order valence-corrected chi connectivity index (χ3v) is 5.05. The van der Waals surface area contributed by atoms with Gasteiger partial charge < -0.3 is 37.2 Å². The predicted molar refractivity (Wildman–Crippen MR) is 109 cm³/mol. The second-order valence-electron chi connectivity index (χ2n) is 7.04. The Labute approximate surface area is 183 Å². The lowest BCUT2D eigenvalue weighted by atomic mass is 10.1. The third-order valence-electron chi connectivity index (χ3n) is 4.65. The summed E-state index contributed by atoms with van der Waals surface area (Å²) in [5.41, 5.74) is 10.7. The summed E-state index contributed by atoms with van der Waals surface area (Å²) in [5.74, 6) is -5.84. The molecule has 13 nitrogen and oxygen atoms in total. The molecule has 8 N–H and O–H groups in total. The molecule has 1 rings (SSSR count). The molecule has 1 aliphatic rings. The van der Waals surface area contributed by atoms with E-state index in [1.54, 1.807) is 0 Å². The summed E-state index contributed by atoms with van der Waals surface area (Å²) in [6.45, 7) is 0.282. The molecule has 0 saturated carbocycles. The molecule has 0 aromatic heterocycles. The van der Waals surface area contributed by atoms with E-state index in [9.17, 15) is 28.8 Å². The summed E-state index contributed by atoms with van der Waals surface area (Å²) in [6.07, 6.45) is -0.693. The van der Waals surface area contributed by atoms with Crippen molar-refractivity contribution >= 4 is 48.2 Å². The van der Waals surface area contributed by atoms with Crippen LogP contribution in [-0.2, 0) is 28.8 Å². The number of thiol groups is 1. The lowest BCUT2D eigenvalue weighted by Gasteiger charge is -2.28. The van der Waals surface area contributed by atoms with Gasteiger partial charge in [-0.05, 0) is 19.3 Å². The predicted octanol–water partition coefficient (Wildman–Crippen LogP) is -2.97. The largest absolute Gasteiger partial charge is 0.481 e. The maximum Gasteiger partial charge on any atom is 0.326 e. The van der Waals surface area contributed by atoms with Gasteiger partial charge in [-0.3, -0.25) is 24.0 Å². The number of nitrogens with two attached hydrogens (primary N) is 2. The van der Waals surface area contributed by atoms with Crippen molar-refractivity contribution in [1.29, 1.82) is 0 Å². The van der Waals surface area contributed by atoms with Crippen LogP contribution >= 0.6 is 12.6 Å². The van der Waals surface area contributed by atoms with Crippen molar-refractivity contribution in [2.75, 3.05) is 12.3 Å². The number of likely N-dealkylation sites (tertiary alicyclic amines) is 1. The molecule has 0 aliphatic carbocycles. The van der Waals surface area contributed by atoms with Crippen LogP contribution in [0.5, 0.6) is 0 Å². The molecule has 0 bridgehead atoms. The van der Waals surface area contributed by atoms with Crippen LogP contribution < -0.4 is 22.1 Å². The number of carbonyl (C=O) groups is 6. The van der Waals surface area contributed by atoms with Gasteiger partial charge in [-0.15, -0.1) is 0 Å². The molecular formula is C17H27N5O8S. The lowest BCUT2D eigenvalue weighted by Crippen LogP contribution is -2.57. The molecule has 0 aromatic carbocycles. The van der Waals surface area contributed by atoms with Crippen molar-refractivity contribution in [2.24, 2.45) is 11.5 Å². The average Bonchev–Trinajstić information content (AvgIpc) is 3.18. The van der Waals surface area contributed by atoms with Gasteiger partial charge in [0.2, 0.25) is 23.6 Å². The van der Waals surface area contributed by atoms with Crippen LogP contribution in [0.2, 0.25) is 0 Å². The molecule has 1 fully saturated rings. The van der Waals surface area contributed by atoms with Crippen molar-refractivity contribution in [2.45, 2.75) is 56.3 Å². The van der Waals surface area contributed by atoms with Gasteiger partial charge in [-0.1, -0.05) is 0 Å². The molecule has 31 heavy (non-hydrogen) atoms. The zero-order valence-corrected chi connectivity index (χ0v) is 17.5. The fourth-order valence-corrected chi connectivity index (χ4v) is 3.23.